The predicted molar refractivity (Wildman–Crippen MR) is 61.5 cm³/mol. The van der Waals surface area contributed by atoms with Crippen LogP contribution in [0, 0.1) is 0 Å². The number of para-hydroxylation sites is 1. The largest absolute Gasteiger partial charge is 0.492 e. The van der Waals surface area contributed by atoms with Crippen LogP contribution in [-0.2, 0) is 4.79 Å². The lowest BCUT2D eigenvalue weighted by molar-refractivity contribution is -0.120. The second kappa shape index (κ2) is 4.79. The third-order valence-electron chi connectivity index (χ3n) is 2.43. The van der Waals surface area contributed by atoms with Gasteiger partial charge < -0.3 is 4.74 Å². The molecule has 4 nitrogen and oxygen atoms in total. The van der Waals surface area contributed by atoms with Crippen LogP contribution in [0.15, 0.2) is 29.4 Å². The summed E-state index contributed by atoms with van der Waals surface area (Å²) in [6.45, 7) is 2.41. The van der Waals surface area contributed by atoms with Crippen molar-refractivity contribution in [3.05, 3.63) is 29.8 Å². The molecule has 1 aromatic rings. The minimum atomic E-state index is -0.0727. The summed E-state index contributed by atoms with van der Waals surface area (Å²) in [5, 5.41) is 4.13. The molecular weight excluding hydrogens is 204 g/mol. The maximum Gasteiger partial charge on any atom is 0.239 e. The van der Waals surface area contributed by atoms with Crippen LogP contribution in [0.5, 0.6) is 5.75 Å². The van der Waals surface area contributed by atoms with Crippen molar-refractivity contribution in [2.45, 2.75) is 19.8 Å². The maximum absolute atomic E-state index is 11.1. The van der Waals surface area contributed by atoms with Crippen molar-refractivity contribution in [1.82, 2.24) is 5.43 Å². The number of hydrazone groups is 1. The number of carbonyl (C=O) groups excluding carboxylic acids is 1. The van der Waals surface area contributed by atoms with E-state index in [0.717, 1.165) is 23.4 Å². The molecule has 0 spiro atoms. The first-order valence-corrected chi connectivity index (χ1v) is 5.39. The normalized spacial score (nSPS) is 16.4. The molecule has 0 radical (unpaired) electrons. The zero-order valence-electron chi connectivity index (χ0n) is 9.19. The number of nitrogens with one attached hydrogen (secondary N) is 1. The molecule has 0 unspecified atom stereocenters. The lowest BCUT2D eigenvalue weighted by atomic mass is 10.0. The van der Waals surface area contributed by atoms with Gasteiger partial charge in [-0.15, -0.1) is 0 Å². The van der Waals surface area contributed by atoms with E-state index < -0.39 is 0 Å². The fourth-order valence-corrected chi connectivity index (χ4v) is 1.55. The van der Waals surface area contributed by atoms with E-state index in [1.807, 2.05) is 24.3 Å². The molecule has 1 amide bonds. The van der Waals surface area contributed by atoms with Crippen molar-refractivity contribution in [3.63, 3.8) is 0 Å². The van der Waals surface area contributed by atoms with E-state index in [4.69, 9.17) is 4.74 Å². The molecule has 2 rings (SSSR count). The summed E-state index contributed by atoms with van der Waals surface area (Å²) in [5.74, 6) is 0.759. The van der Waals surface area contributed by atoms with Crippen LogP contribution < -0.4 is 10.2 Å². The Morgan fingerprint density at radius 2 is 2.31 bits per heavy atom. The van der Waals surface area contributed by atoms with Gasteiger partial charge in [0.2, 0.25) is 5.91 Å². The van der Waals surface area contributed by atoms with Crippen LogP contribution in [0.4, 0.5) is 0 Å². The standard InChI is InChI=1S/C12H14N2O2/c1-2-12(15)14-13-10-7-8-16-11-6-4-3-5-9(10)11/h3-6H,2,7-8H2,1H3,(H,14,15). The van der Waals surface area contributed by atoms with Gasteiger partial charge in [0, 0.05) is 18.4 Å². The van der Waals surface area contributed by atoms with Crippen molar-refractivity contribution in [2.75, 3.05) is 6.61 Å². The highest BCUT2D eigenvalue weighted by molar-refractivity contribution is 6.04. The van der Waals surface area contributed by atoms with Crippen LogP contribution in [-0.4, -0.2) is 18.2 Å². The quantitative estimate of drug-likeness (QED) is 0.768. The number of ether oxygens (including phenoxy) is 1. The average molecular weight is 218 g/mol. The average Bonchev–Trinajstić information content (AvgIpc) is 2.35. The molecule has 1 heterocycles. The topological polar surface area (TPSA) is 50.7 Å². The van der Waals surface area contributed by atoms with Gasteiger partial charge in [-0.25, -0.2) is 5.43 Å². The molecule has 0 aromatic heterocycles. The van der Waals surface area contributed by atoms with Gasteiger partial charge in [-0.3, -0.25) is 4.79 Å². The number of nitrogens with zero attached hydrogens (tertiary/aromatic N) is 1. The molecule has 0 bridgehead atoms. The van der Waals surface area contributed by atoms with E-state index in [1.54, 1.807) is 6.92 Å². The summed E-state index contributed by atoms with van der Waals surface area (Å²) in [6, 6.07) is 7.72. The van der Waals surface area contributed by atoms with Gasteiger partial charge >= 0.3 is 0 Å². The molecule has 0 fully saturated rings. The van der Waals surface area contributed by atoms with Gasteiger partial charge in [-0.05, 0) is 12.1 Å². The summed E-state index contributed by atoms with van der Waals surface area (Å²) >= 11 is 0. The molecule has 84 valence electrons. The van der Waals surface area contributed by atoms with Crippen molar-refractivity contribution >= 4 is 11.6 Å². The fraction of sp³-hybridized carbons (Fsp3) is 0.333. The first kappa shape index (κ1) is 10.7. The number of benzene rings is 1. The second-order valence-corrected chi connectivity index (χ2v) is 3.54. The van der Waals surface area contributed by atoms with E-state index in [1.165, 1.54) is 0 Å². The summed E-state index contributed by atoms with van der Waals surface area (Å²) in [6.07, 6.45) is 1.16. The smallest absolute Gasteiger partial charge is 0.239 e. The van der Waals surface area contributed by atoms with Crippen LogP contribution in [0.1, 0.15) is 25.3 Å². The van der Waals surface area contributed by atoms with E-state index in [9.17, 15) is 4.79 Å². The molecule has 1 aliphatic heterocycles. The number of amides is 1. The molecule has 1 aromatic carbocycles. The monoisotopic (exact) mass is 218 g/mol. The van der Waals surface area contributed by atoms with Crippen molar-refractivity contribution < 1.29 is 9.53 Å². The van der Waals surface area contributed by atoms with Gasteiger partial charge in [0.05, 0.1) is 12.3 Å². The van der Waals surface area contributed by atoms with Gasteiger partial charge in [0.15, 0.2) is 0 Å². The highest BCUT2D eigenvalue weighted by Gasteiger charge is 2.15. The van der Waals surface area contributed by atoms with Crippen LogP contribution >= 0.6 is 0 Å². The Kier molecular flexibility index (Phi) is 3.19. The molecule has 0 aliphatic carbocycles. The fourth-order valence-electron chi connectivity index (χ4n) is 1.55. The lowest BCUT2D eigenvalue weighted by Crippen LogP contribution is -2.22. The lowest BCUT2D eigenvalue weighted by Gasteiger charge is -2.18. The molecule has 4 heteroatoms. The highest BCUT2D eigenvalue weighted by atomic mass is 16.5. The number of hydrogen-bond donors (Lipinski definition) is 1. The predicted octanol–water partition coefficient (Wildman–Crippen LogP) is 1.70. The van der Waals surface area contributed by atoms with Crippen LogP contribution in [0.25, 0.3) is 0 Å². The Balaban J connectivity index is 2.21. The SMILES string of the molecule is CCC(=O)NN=C1CCOc2ccccc21. The van der Waals surface area contributed by atoms with Crippen molar-refractivity contribution in [2.24, 2.45) is 5.10 Å². The van der Waals surface area contributed by atoms with Gasteiger partial charge in [-0.2, -0.15) is 5.10 Å². The summed E-state index contributed by atoms with van der Waals surface area (Å²) < 4.78 is 5.49. The van der Waals surface area contributed by atoms with Crippen LogP contribution in [0.3, 0.4) is 0 Å². The summed E-state index contributed by atoms with van der Waals surface area (Å²) in [7, 11) is 0. The number of rotatable bonds is 2. The highest BCUT2D eigenvalue weighted by Crippen LogP contribution is 2.24. The zero-order chi connectivity index (χ0) is 11.4. The molecule has 1 aliphatic rings. The van der Waals surface area contributed by atoms with E-state index >= 15 is 0 Å². The first-order valence-electron chi connectivity index (χ1n) is 5.39. The Labute approximate surface area is 94.3 Å². The van der Waals surface area contributed by atoms with E-state index in [0.29, 0.717) is 13.0 Å². The van der Waals surface area contributed by atoms with Crippen molar-refractivity contribution in [1.29, 1.82) is 0 Å². The Morgan fingerprint density at radius 1 is 1.50 bits per heavy atom. The second-order valence-electron chi connectivity index (χ2n) is 3.54. The van der Waals surface area contributed by atoms with Gasteiger partial charge in [-0.1, -0.05) is 19.1 Å². The molecule has 16 heavy (non-hydrogen) atoms. The summed E-state index contributed by atoms with van der Waals surface area (Å²) in [4.78, 5) is 11.1. The Hall–Kier alpha value is -1.84. The molecule has 0 saturated carbocycles. The molecule has 0 atom stereocenters. The van der Waals surface area contributed by atoms with Crippen LogP contribution in [0.2, 0.25) is 0 Å². The zero-order valence-corrected chi connectivity index (χ0v) is 9.19. The van der Waals surface area contributed by atoms with Gasteiger partial charge in [0.1, 0.15) is 5.75 Å². The van der Waals surface area contributed by atoms with Crippen molar-refractivity contribution in [3.8, 4) is 5.75 Å². The Bertz CT molecular complexity index is 427. The Morgan fingerprint density at radius 3 is 3.12 bits per heavy atom. The third-order valence-corrected chi connectivity index (χ3v) is 2.43. The number of hydrogen-bond acceptors (Lipinski definition) is 3. The molecule has 0 saturated heterocycles. The summed E-state index contributed by atoms with van der Waals surface area (Å²) in [5.41, 5.74) is 4.38. The molecule has 1 N–H and O–H groups in total. The maximum atomic E-state index is 11.1. The minimum Gasteiger partial charge on any atom is -0.492 e. The van der Waals surface area contributed by atoms with Gasteiger partial charge in [0.25, 0.3) is 0 Å². The number of fused-ring (bicyclic) bond motifs is 1. The molecular formula is C12H14N2O2. The van der Waals surface area contributed by atoms with E-state index in [-0.39, 0.29) is 5.91 Å². The number of carbonyl (C=O) groups is 1. The minimum absolute atomic E-state index is 0.0727. The van der Waals surface area contributed by atoms with E-state index in [2.05, 4.69) is 10.5 Å². The first-order chi connectivity index (χ1) is 7.81. The third kappa shape index (κ3) is 2.21.